The van der Waals surface area contributed by atoms with Crippen LogP contribution in [0.3, 0.4) is 0 Å². The van der Waals surface area contributed by atoms with Gasteiger partial charge in [-0.25, -0.2) is 0 Å². The number of carbonyl (C=O) groups excluding carboxylic acids is 2. The fourth-order valence-corrected chi connectivity index (χ4v) is 4.80. The molecule has 0 bridgehead atoms. The fraction of sp³-hybridized carbons (Fsp3) is 0.250. The number of amides is 2. The van der Waals surface area contributed by atoms with Crippen LogP contribution in [0.1, 0.15) is 22.2 Å². The second kappa shape index (κ2) is 9.86. The Morgan fingerprint density at radius 1 is 1.00 bits per heavy atom. The number of thiophene rings is 1. The molecule has 1 aromatic heterocycles. The lowest BCUT2D eigenvalue weighted by Gasteiger charge is -2.28. The number of ether oxygens (including phenoxy) is 1. The first-order chi connectivity index (χ1) is 16.2. The zero-order valence-electron chi connectivity index (χ0n) is 18.2. The molecule has 0 unspecified atom stereocenters. The highest BCUT2D eigenvalue weighted by Crippen LogP contribution is 2.41. The van der Waals surface area contributed by atoms with Crippen molar-refractivity contribution in [1.29, 1.82) is 0 Å². The minimum Gasteiger partial charge on any atom is -0.378 e. The van der Waals surface area contributed by atoms with Gasteiger partial charge in [0.05, 0.1) is 34.3 Å². The third-order valence-electron chi connectivity index (χ3n) is 5.21. The highest BCUT2D eigenvalue weighted by molar-refractivity contribution is 7.18. The van der Waals surface area contributed by atoms with Crippen molar-refractivity contribution in [3.63, 3.8) is 0 Å². The van der Waals surface area contributed by atoms with Gasteiger partial charge in [0, 0.05) is 31.3 Å². The molecule has 2 amide bonds. The highest BCUT2D eigenvalue weighted by atomic mass is 32.1. The van der Waals surface area contributed by atoms with E-state index >= 15 is 0 Å². The molecule has 3 aromatic rings. The monoisotopic (exact) mass is 489 g/mol. The van der Waals surface area contributed by atoms with E-state index in [9.17, 15) is 22.8 Å². The molecular formula is C24H22F3N3O3S. The lowest BCUT2D eigenvalue weighted by Crippen LogP contribution is -2.35. The zero-order valence-corrected chi connectivity index (χ0v) is 19.1. The van der Waals surface area contributed by atoms with Crippen molar-refractivity contribution < 1.29 is 27.5 Å². The van der Waals surface area contributed by atoms with E-state index in [-0.39, 0.29) is 11.4 Å². The molecule has 2 N–H and O–H groups in total. The molecule has 1 aliphatic heterocycles. The molecule has 34 heavy (non-hydrogen) atoms. The SMILES string of the molecule is CC(=O)Nc1ccc(NC(=O)c2cc(-c3ccccc3)c(N3CCOCC3)s2)c(C(F)(F)F)c1. The lowest BCUT2D eigenvalue weighted by molar-refractivity contribution is -0.137. The first kappa shape index (κ1) is 23.8. The van der Waals surface area contributed by atoms with Crippen LogP contribution in [0.5, 0.6) is 0 Å². The van der Waals surface area contributed by atoms with Gasteiger partial charge in [0.1, 0.15) is 0 Å². The number of benzene rings is 2. The van der Waals surface area contributed by atoms with E-state index in [1.165, 1.54) is 24.3 Å². The van der Waals surface area contributed by atoms with Crippen LogP contribution in [0.25, 0.3) is 11.1 Å². The third kappa shape index (κ3) is 5.40. The average molecular weight is 490 g/mol. The fourth-order valence-electron chi connectivity index (χ4n) is 3.67. The molecule has 0 saturated carbocycles. The van der Waals surface area contributed by atoms with Gasteiger partial charge in [-0.15, -0.1) is 11.3 Å². The van der Waals surface area contributed by atoms with Crippen LogP contribution in [0, 0.1) is 0 Å². The number of hydrogen-bond donors (Lipinski definition) is 2. The highest BCUT2D eigenvalue weighted by Gasteiger charge is 2.35. The summed E-state index contributed by atoms with van der Waals surface area (Å²) in [6, 6.07) is 14.5. The van der Waals surface area contributed by atoms with E-state index in [2.05, 4.69) is 15.5 Å². The molecule has 4 rings (SSSR count). The third-order valence-corrected chi connectivity index (χ3v) is 6.41. The average Bonchev–Trinajstić information content (AvgIpc) is 3.26. The molecule has 2 heterocycles. The van der Waals surface area contributed by atoms with Crippen LogP contribution in [0.15, 0.2) is 54.6 Å². The summed E-state index contributed by atoms with van der Waals surface area (Å²) < 4.78 is 46.4. The smallest absolute Gasteiger partial charge is 0.378 e. The summed E-state index contributed by atoms with van der Waals surface area (Å²) in [5.41, 5.74) is 0.328. The summed E-state index contributed by atoms with van der Waals surface area (Å²) in [6.45, 7) is 3.64. The Labute approximate surface area is 198 Å². The van der Waals surface area contributed by atoms with Crippen LogP contribution in [-0.2, 0) is 15.7 Å². The van der Waals surface area contributed by atoms with Crippen molar-refractivity contribution in [2.75, 3.05) is 41.8 Å². The van der Waals surface area contributed by atoms with Crippen LogP contribution in [-0.4, -0.2) is 38.1 Å². The second-order valence-corrected chi connectivity index (χ2v) is 8.72. The molecule has 1 saturated heterocycles. The predicted octanol–water partition coefficient (Wildman–Crippen LogP) is 5.48. The topological polar surface area (TPSA) is 70.7 Å². The van der Waals surface area contributed by atoms with Gasteiger partial charge in [-0.1, -0.05) is 30.3 Å². The number of nitrogens with zero attached hydrogens (tertiary/aromatic N) is 1. The van der Waals surface area contributed by atoms with E-state index in [0.29, 0.717) is 31.2 Å². The molecule has 2 aromatic carbocycles. The van der Waals surface area contributed by atoms with E-state index < -0.39 is 23.6 Å². The number of halogens is 3. The summed E-state index contributed by atoms with van der Waals surface area (Å²) in [6.07, 6.45) is -4.72. The van der Waals surface area contributed by atoms with Crippen molar-refractivity contribution in [1.82, 2.24) is 0 Å². The van der Waals surface area contributed by atoms with Gasteiger partial charge in [-0.2, -0.15) is 13.2 Å². The van der Waals surface area contributed by atoms with Crippen molar-refractivity contribution in [2.45, 2.75) is 13.1 Å². The van der Waals surface area contributed by atoms with Crippen LogP contribution >= 0.6 is 11.3 Å². The number of rotatable bonds is 5. The number of morpholine rings is 1. The standard InChI is InChI=1S/C24H22F3N3O3S/c1-15(31)28-17-7-8-20(19(13-17)24(25,26)27)29-22(32)21-14-18(16-5-3-2-4-6-16)23(34-21)30-9-11-33-12-10-30/h2-8,13-14H,9-12H2,1H3,(H,28,31)(H,29,32). The second-order valence-electron chi connectivity index (χ2n) is 7.69. The summed E-state index contributed by atoms with van der Waals surface area (Å²) in [5.74, 6) is -1.13. The summed E-state index contributed by atoms with van der Waals surface area (Å²) in [5, 5.41) is 5.61. The molecule has 0 atom stereocenters. The van der Waals surface area contributed by atoms with Gasteiger partial charge in [-0.3, -0.25) is 9.59 Å². The van der Waals surface area contributed by atoms with E-state index in [1.807, 2.05) is 30.3 Å². The largest absolute Gasteiger partial charge is 0.418 e. The summed E-state index contributed by atoms with van der Waals surface area (Å²) >= 11 is 1.23. The number of anilines is 3. The Morgan fingerprint density at radius 2 is 1.71 bits per heavy atom. The van der Waals surface area contributed by atoms with Gasteiger partial charge in [0.2, 0.25) is 5.91 Å². The lowest BCUT2D eigenvalue weighted by atomic mass is 10.1. The van der Waals surface area contributed by atoms with Gasteiger partial charge in [-0.05, 0) is 29.8 Å². The normalized spacial score (nSPS) is 14.1. The molecule has 10 heteroatoms. The van der Waals surface area contributed by atoms with Gasteiger partial charge < -0.3 is 20.3 Å². The predicted molar refractivity (Wildman–Crippen MR) is 126 cm³/mol. The van der Waals surface area contributed by atoms with Crippen molar-refractivity contribution in [3.8, 4) is 11.1 Å². The zero-order chi connectivity index (χ0) is 24.3. The van der Waals surface area contributed by atoms with Crippen molar-refractivity contribution >= 4 is 39.5 Å². The molecule has 178 valence electrons. The quantitative estimate of drug-likeness (QED) is 0.498. The molecule has 0 aliphatic carbocycles. The summed E-state index contributed by atoms with van der Waals surface area (Å²) in [7, 11) is 0. The maximum atomic E-state index is 13.7. The Bertz CT molecular complexity index is 1190. The minimum atomic E-state index is -4.72. The number of nitrogens with one attached hydrogen (secondary N) is 2. The molecule has 0 spiro atoms. The molecule has 1 fully saturated rings. The molecule has 0 radical (unpaired) electrons. The maximum Gasteiger partial charge on any atom is 0.418 e. The van der Waals surface area contributed by atoms with E-state index in [1.54, 1.807) is 6.07 Å². The number of hydrogen-bond acceptors (Lipinski definition) is 5. The first-order valence-corrected chi connectivity index (χ1v) is 11.4. The summed E-state index contributed by atoms with van der Waals surface area (Å²) in [4.78, 5) is 26.7. The van der Waals surface area contributed by atoms with Crippen molar-refractivity contribution in [2.24, 2.45) is 0 Å². The van der Waals surface area contributed by atoms with Crippen LogP contribution in [0.4, 0.5) is 29.5 Å². The van der Waals surface area contributed by atoms with Gasteiger partial charge >= 0.3 is 6.18 Å². The van der Waals surface area contributed by atoms with Gasteiger partial charge in [0.25, 0.3) is 5.91 Å². The van der Waals surface area contributed by atoms with Crippen LogP contribution in [0.2, 0.25) is 0 Å². The van der Waals surface area contributed by atoms with Gasteiger partial charge in [0.15, 0.2) is 0 Å². The minimum absolute atomic E-state index is 0.00471. The Hall–Kier alpha value is -3.37. The van der Waals surface area contributed by atoms with Crippen molar-refractivity contribution in [3.05, 3.63) is 65.0 Å². The number of carbonyl (C=O) groups is 2. The molecule has 1 aliphatic rings. The van der Waals surface area contributed by atoms with E-state index in [4.69, 9.17) is 4.74 Å². The molecular weight excluding hydrogens is 467 g/mol. The Morgan fingerprint density at radius 3 is 2.35 bits per heavy atom. The maximum absolute atomic E-state index is 13.7. The van der Waals surface area contributed by atoms with Crippen LogP contribution < -0.4 is 15.5 Å². The Kier molecular flexibility index (Phi) is 6.90. The Balaban J connectivity index is 1.67. The molecule has 6 nitrogen and oxygen atoms in total. The number of alkyl halides is 3. The first-order valence-electron chi connectivity index (χ1n) is 10.5. The van der Waals surface area contributed by atoms with E-state index in [0.717, 1.165) is 28.3 Å².